The highest BCUT2D eigenvalue weighted by Crippen LogP contribution is 1.85. The van der Waals surface area contributed by atoms with Gasteiger partial charge in [0.2, 0.25) is 0 Å². The van der Waals surface area contributed by atoms with Crippen molar-refractivity contribution < 1.29 is 4.42 Å². The molecule has 0 aliphatic heterocycles. The van der Waals surface area contributed by atoms with E-state index in [2.05, 4.69) is 29.3 Å². The van der Waals surface area contributed by atoms with Gasteiger partial charge in [-0.1, -0.05) is 0 Å². The van der Waals surface area contributed by atoms with Gasteiger partial charge < -0.3 is 14.4 Å². The quantitative estimate of drug-likeness (QED) is 0.520. The number of nitrogens with zero attached hydrogens (tertiary/aromatic N) is 3. The zero-order valence-electron chi connectivity index (χ0n) is 10.7. The van der Waals surface area contributed by atoms with Crippen molar-refractivity contribution >= 4 is 11.3 Å². The van der Waals surface area contributed by atoms with E-state index < -0.39 is 0 Å². The van der Waals surface area contributed by atoms with Gasteiger partial charge in [-0.15, -0.1) is 11.3 Å². The molecule has 0 spiro atoms. The molecule has 0 fully saturated rings. The van der Waals surface area contributed by atoms with Crippen molar-refractivity contribution in [3.63, 3.8) is 0 Å². The predicted octanol–water partition coefficient (Wildman–Crippen LogP) is 3.24. The first-order chi connectivity index (χ1) is 10.0. The summed E-state index contributed by atoms with van der Waals surface area (Å²) in [4.78, 5) is 16.6. The molecule has 0 bridgehead atoms. The van der Waals surface area contributed by atoms with E-state index in [1.165, 1.54) is 12.7 Å². The predicted molar refractivity (Wildman–Crippen MR) is 78.0 cm³/mol. The average Bonchev–Trinajstić information content (AvgIpc) is 3.40. The van der Waals surface area contributed by atoms with E-state index in [0.29, 0.717) is 0 Å². The van der Waals surface area contributed by atoms with Crippen LogP contribution in [0.15, 0.2) is 83.6 Å². The Hall–Kier alpha value is -2.67. The standard InChI is InChI=1S/C4H5N.C3H4N2.C3H3NO.C3H3NS/c1-2-4-5-3-1;3*1-2-5-3-4-1/h1-5H;1-3H,(H,4,5);2*1-3H. The van der Waals surface area contributed by atoms with Crippen LogP contribution < -0.4 is 0 Å². The summed E-state index contributed by atoms with van der Waals surface area (Å²) in [5.41, 5.74) is 1.79. The zero-order valence-corrected chi connectivity index (χ0v) is 11.5. The first-order valence-electron chi connectivity index (χ1n) is 5.65. The highest BCUT2D eigenvalue weighted by molar-refractivity contribution is 7.07. The fourth-order valence-electron chi connectivity index (χ4n) is 0.844. The lowest BCUT2D eigenvalue weighted by Gasteiger charge is -1.49. The minimum absolute atomic E-state index is 1.38. The maximum atomic E-state index is 4.47. The van der Waals surface area contributed by atoms with E-state index in [9.17, 15) is 0 Å². The van der Waals surface area contributed by atoms with Crippen molar-refractivity contribution in [2.45, 2.75) is 0 Å². The molecule has 0 aromatic carbocycles. The van der Waals surface area contributed by atoms with Gasteiger partial charge in [-0.25, -0.2) is 9.97 Å². The largest absolute Gasteiger partial charge is 0.452 e. The Labute approximate surface area is 120 Å². The van der Waals surface area contributed by atoms with Gasteiger partial charge in [0.05, 0.1) is 18.0 Å². The molecule has 0 aliphatic carbocycles. The molecule has 0 radical (unpaired) electrons. The monoisotopic (exact) mass is 289 g/mol. The third-order valence-corrected chi connectivity index (χ3v) is 2.12. The fourth-order valence-corrected chi connectivity index (χ4v) is 1.20. The molecule has 4 rings (SSSR count). The normalized spacial score (nSPS) is 8.00. The van der Waals surface area contributed by atoms with Gasteiger partial charge in [0.1, 0.15) is 6.26 Å². The molecule has 2 N–H and O–H groups in total. The average molecular weight is 289 g/mol. The number of hydrogen-bond donors (Lipinski definition) is 2. The SMILES string of the molecule is c1c[nH]cn1.c1cc[nH]c1.c1cocn1.c1cscn1. The molecule has 0 saturated carbocycles. The number of aromatic amines is 2. The number of rotatable bonds is 0. The Morgan fingerprint density at radius 1 is 0.850 bits per heavy atom. The topological polar surface area (TPSA) is 83.4 Å². The van der Waals surface area contributed by atoms with Gasteiger partial charge in [0.25, 0.3) is 0 Å². The molecule has 0 aliphatic rings. The number of aromatic nitrogens is 5. The fraction of sp³-hybridized carbons (Fsp3) is 0. The molecule has 4 heterocycles. The van der Waals surface area contributed by atoms with Gasteiger partial charge >= 0.3 is 0 Å². The number of nitrogens with one attached hydrogen (secondary N) is 2. The van der Waals surface area contributed by atoms with Gasteiger partial charge in [0.15, 0.2) is 6.39 Å². The molecular weight excluding hydrogens is 274 g/mol. The van der Waals surface area contributed by atoms with Crippen LogP contribution in [0.2, 0.25) is 0 Å². The van der Waals surface area contributed by atoms with Crippen LogP contribution in [-0.2, 0) is 0 Å². The van der Waals surface area contributed by atoms with Crippen LogP contribution in [0, 0.1) is 0 Å². The molecule has 20 heavy (non-hydrogen) atoms. The lowest BCUT2D eigenvalue weighted by molar-refractivity contribution is 0.558. The Kier molecular flexibility index (Phi) is 9.83. The van der Waals surface area contributed by atoms with Gasteiger partial charge in [-0.05, 0) is 12.1 Å². The van der Waals surface area contributed by atoms with E-state index in [1.807, 2.05) is 29.9 Å². The lowest BCUT2D eigenvalue weighted by Crippen LogP contribution is -1.44. The summed E-state index contributed by atoms with van der Waals surface area (Å²) in [5, 5.41) is 1.93. The lowest BCUT2D eigenvalue weighted by atomic mass is 10.7. The van der Waals surface area contributed by atoms with Crippen LogP contribution >= 0.6 is 11.3 Å². The van der Waals surface area contributed by atoms with Crippen LogP contribution in [0.5, 0.6) is 0 Å². The van der Waals surface area contributed by atoms with Gasteiger partial charge in [-0.3, -0.25) is 4.98 Å². The number of hydrogen-bond acceptors (Lipinski definition) is 5. The number of oxazole rings is 1. The molecule has 104 valence electrons. The van der Waals surface area contributed by atoms with E-state index >= 15 is 0 Å². The maximum Gasteiger partial charge on any atom is 0.180 e. The number of H-pyrrole nitrogens is 2. The Morgan fingerprint density at radius 3 is 1.95 bits per heavy atom. The summed E-state index contributed by atoms with van der Waals surface area (Å²) >= 11 is 1.60. The summed E-state index contributed by atoms with van der Waals surface area (Å²) in [6.45, 7) is 0. The second-order valence-corrected chi connectivity index (χ2v) is 3.75. The molecule has 0 amide bonds. The summed E-state index contributed by atoms with van der Waals surface area (Å²) in [6, 6.07) is 3.89. The third-order valence-electron chi connectivity index (χ3n) is 1.60. The number of thiazole rings is 1. The Morgan fingerprint density at radius 2 is 1.75 bits per heavy atom. The highest BCUT2D eigenvalue weighted by Gasteiger charge is 1.60. The van der Waals surface area contributed by atoms with Crippen molar-refractivity contribution in [2.24, 2.45) is 0 Å². The molecule has 7 heteroatoms. The van der Waals surface area contributed by atoms with E-state index in [4.69, 9.17) is 0 Å². The van der Waals surface area contributed by atoms with Crippen molar-refractivity contribution in [1.82, 2.24) is 24.9 Å². The number of imidazole rings is 1. The van der Waals surface area contributed by atoms with E-state index in [1.54, 1.807) is 48.0 Å². The maximum absolute atomic E-state index is 4.47. The molecule has 6 nitrogen and oxygen atoms in total. The van der Waals surface area contributed by atoms with Crippen LogP contribution in [0.25, 0.3) is 0 Å². The third kappa shape index (κ3) is 10.5. The summed E-state index contributed by atoms with van der Waals surface area (Å²) in [5.74, 6) is 0. The minimum atomic E-state index is 1.38. The zero-order chi connectivity index (χ0) is 14.1. The minimum Gasteiger partial charge on any atom is -0.452 e. The van der Waals surface area contributed by atoms with Crippen LogP contribution in [0.1, 0.15) is 0 Å². The first-order valence-corrected chi connectivity index (χ1v) is 6.59. The second-order valence-electron chi connectivity index (χ2n) is 3.00. The summed E-state index contributed by atoms with van der Waals surface area (Å²) in [6.07, 6.45) is 15.1. The van der Waals surface area contributed by atoms with Gasteiger partial charge in [-0.2, -0.15) is 0 Å². The Balaban J connectivity index is 0.000000133. The highest BCUT2D eigenvalue weighted by atomic mass is 32.1. The first kappa shape index (κ1) is 15.4. The molecule has 0 saturated heterocycles. The molecule has 0 atom stereocenters. The smallest absolute Gasteiger partial charge is 0.180 e. The van der Waals surface area contributed by atoms with Crippen LogP contribution in [-0.4, -0.2) is 24.9 Å². The van der Waals surface area contributed by atoms with Crippen LogP contribution in [0.4, 0.5) is 0 Å². The van der Waals surface area contributed by atoms with Gasteiger partial charge in [0, 0.05) is 36.4 Å². The van der Waals surface area contributed by atoms with Crippen molar-refractivity contribution in [2.75, 3.05) is 0 Å². The van der Waals surface area contributed by atoms with E-state index in [-0.39, 0.29) is 0 Å². The van der Waals surface area contributed by atoms with Crippen molar-refractivity contribution in [1.29, 1.82) is 0 Å². The molecule has 0 unspecified atom stereocenters. The van der Waals surface area contributed by atoms with Crippen molar-refractivity contribution in [3.05, 3.63) is 79.2 Å². The molecule has 4 aromatic heterocycles. The summed E-state index contributed by atoms with van der Waals surface area (Å²) in [7, 11) is 0. The molecule has 4 aromatic rings. The van der Waals surface area contributed by atoms with E-state index in [0.717, 1.165) is 0 Å². The summed E-state index contributed by atoms with van der Waals surface area (Å²) < 4.78 is 4.47. The molecular formula is C13H15N5OS. The van der Waals surface area contributed by atoms with Crippen molar-refractivity contribution in [3.8, 4) is 0 Å². The Bertz CT molecular complexity index is 358. The second kappa shape index (κ2) is 12.8. The van der Waals surface area contributed by atoms with Crippen LogP contribution in [0.3, 0.4) is 0 Å².